The molecule has 4 aromatic heterocycles. The standard InChI is InChI=1S/C54H63N7O10/c1-9-31-32(10-2)42-28-46-38(18-16-24-69-54(67)71-61-49(64)21-22-50(61)65)30(8)40(56-46)26-44-34(12-4)36(14-6)52(59-44)51-35(13-5)33(11-3)43(58-51)25-39-29(7)37(45(55-39)27-41(31)57-42)17-15-23-68-53(66)70-60-47(62)19-20-48(60)63/h25-28,55-57H,9-24H2,1-8H3. The van der Waals surface area contributed by atoms with Crippen LogP contribution in [0, 0.1) is 13.8 Å². The molecule has 0 aliphatic carbocycles. The van der Waals surface area contributed by atoms with Crippen molar-refractivity contribution in [3.63, 3.8) is 0 Å². The third-order valence-corrected chi connectivity index (χ3v) is 14.0. The Kier molecular flexibility index (Phi) is 15.1. The van der Waals surface area contributed by atoms with Crippen LogP contribution >= 0.6 is 0 Å². The Bertz CT molecular complexity index is 2890. The smallest absolute Gasteiger partial charge is 0.433 e. The molecule has 0 spiro atoms. The van der Waals surface area contributed by atoms with Gasteiger partial charge in [0.05, 0.1) is 36.0 Å². The predicted octanol–water partition coefficient (Wildman–Crippen LogP) is 10.9. The molecule has 4 amide bonds. The Hall–Kier alpha value is -7.30. The number of hydroxylamine groups is 4. The number of hydrogen-bond donors (Lipinski definition) is 3. The number of imide groups is 2. The lowest BCUT2D eigenvalue weighted by molar-refractivity contribution is -0.177. The zero-order chi connectivity index (χ0) is 50.7. The number of aromatic amines is 3. The van der Waals surface area contributed by atoms with Crippen LogP contribution in [0.25, 0.3) is 55.4 Å². The monoisotopic (exact) mass is 969 g/mol. The molecule has 374 valence electrons. The Morgan fingerprint density at radius 1 is 0.479 bits per heavy atom. The maximum Gasteiger partial charge on any atom is 0.533 e. The summed E-state index contributed by atoms with van der Waals surface area (Å²) in [7, 11) is 0. The van der Waals surface area contributed by atoms with Crippen LogP contribution in [0.15, 0.2) is 24.3 Å². The first kappa shape index (κ1) is 50.1. The van der Waals surface area contributed by atoms with E-state index < -0.39 is 35.9 Å². The number of allylic oxidation sites excluding steroid dienone is 4. The third-order valence-electron chi connectivity index (χ3n) is 14.0. The van der Waals surface area contributed by atoms with Crippen LogP contribution < -0.4 is 0 Å². The van der Waals surface area contributed by atoms with E-state index in [4.69, 9.17) is 29.1 Å². The second-order valence-electron chi connectivity index (χ2n) is 18.1. The van der Waals surface area contributed by atoms with Crippen molar-refractivity contribution in [1.82, 2.24) is 35.0 Å². The molecule has 0 atom stereocenters. The third kappa shape index (κ3) is 9.91. The molecule has 71 heavy (non-hydrogen) atoms. The van der Waals surface area contributed by atoms with Gasteiger partial charge in [-0.25, -0.2) is 19.6 Å². The van der Waals surface area contributed by atoms with E-state index >= 15 is 0 Å². The number of hydrogen-bond acceptors (Lipinski definition) is 12. The topological polar surface area (TPSA) is 219 Å². The van der Waals surface area contributed by atoms with E-state index in [0.717, 1.165) is 117 Å². The van der Waals surface area contributed by atoms with Crippen LogP contribution in [0.3, 0.4) is 0 Å². The normalized spacial score (nSPS) is 15.0. The van der Waals surface area contributed by atoms with Crippen LogP contribution in [-0.4, -0.2) is 84.2 Å². The summed E-state index contributed by atoms with van der Waals surface area (Å²) in [6.07, 6.45) is 4.27. The fraction of sp³-hybridized carbons (Fsp3) is 0.444. The molecule has 8 rings (SSSR count). The highest BCUT2D eigenvalue weighted by Gasteiger charge is 2.35. The SMILES string of the molecule is CCC1=C(CC)c2nc1cc1[nH]c(cc3[nH]c(cc4[nH]c(cc5nc2C(CC)=C5CC)c(C)c4CCCOC(=O)ON2C(=O)CCC2=O)c(CC)c3CC)c(CCCOC(=O)ON2C(=O)CCC2=O)c1C. The maximum absolute atomic E-state index is 12.6. The Morgan fingerprint density at radius 2 is 0.817 bits per heavy atom. The number of carbonyl (C=O) groups excluding carboxylic acids is 6. The molecular formula is C54H63N7O10. The Balaban J connectivity index is 1.28. The second-order valence-corrected chi connectivity index (χ2v) is 18.1. The highest BCUT2D eigenvalue weighted by Crippen LogP contribution is 2.43. The van der Waals surface area contributed by atoms with Crippen molar-refractivity contribution in [2.45, 2.75) is 145 Å². The second kappa shape index (κ2) is 21.4. The van der Waals surface area contributed by atoms with Crippen molar-refractivity contribution in [3.8, 4) is 0 Å². The van der Waals surface area contributed by atoms with E-state index in [1.54, 1.807) is 0 Å². The molecule has 17 nitrogen and oxygen atoms in total. The van der Waals surface area contributed by atoms with Crippen molar-refractivity contribution >= 4 is 91.3 Å². The number of nitrogens with zero attached hydrogens (tertiary/aromatic N) is 4. The maximum atomic E-state index is 12.6. The van der Waals surface area contributed by atoms with Gasteiger partial charge in [0.1, 0.15) is 0 Å². The lowest BCUT2D eigenvalue weighted by Crippen LogP contribution is -2.32. The minimum Gasteiger partial charge on any atom is -0.433 e. The van der Waals surface area contributed by atoms with Gasteiger partial charge in [-0.15, -0.1) is 0 Å². The average molecular weight is 970 g/mol. The van der Waals surface area contributed by atoms with Gasteiger partial charge in [0.25, 0.3) is 23.6 Å². The van der Waals surface area contributed by atoms with Crippen molar-refractivity contribution in [1.29, 1.82) is 0 Å². The highest BCUT2D eigenvalue weighted by atomic mass is 16.8. The number of H-pyrrole nitrogens is 3. The molecule has 3 N–H and O–H groups in total. The van der Waals surface area contributed by atoms with Crippen LogP contribution in [-0.2, 0) is 64.0 Å². The number of amides is 4. The van der Waals surface area contributed by atoms with E-state index in [1.165, 1.54) is 33.4 Å². The summed E-state index contributed by atoms with van der Waals surface area (Å²) in [5.41, 5.74) is 20.2. The quantitative estimate of drug-likeness (QED) is 0.0542. The molecule has 2 saturated heterocycles. The van der Waals surface area contributed by atoms with Crippen molar-refractivity contribution in [2.75, 3.05) is 13.2 Å². The van der Waals surface area contributed by atoms with E-state index in [9.17, 15) is 28.8 Å². The highest BCUT2D eigenvalue weighted by molar-refractivity contribution is 6.03. The Morgan fingerprint density at radius 3 is 1.15 bits per heavy atom. The number of rotatable bonds is 16. The van der Waals surface area contributed by atoms with E-state index in [-0.39, 0.29) is 38.9 Å². The number of aryl methyl sites for hydroxylation is 6. The summed E-state index contributed by atoms with van der Waals surface area (Å²) in [5.74, 6) is -2.30. The fourth-order valence-corrected chi connectivity index (χ4v) is 10.4. The van der Waals surface area contributed by atoms with Crippen LogP contribution in [0.2, 0.25) is 0 Å². The molecule has 4 aliphatic heterocycles. The van der Waals surface area contributed by atoms with Gasteiger partial charge >= 0.3 is 12.3 Å². The van der Waals surface area contributed by atoms with Crippen LogP contribution in [0.4, 0.5) is 9.59 Å². The summed E-state index contributed by atoms with van der Waals surface area (Å²) in [6.45, 7) is 17.1. The summed E-state index contributed by atoms with van der Waals surface area (Å²) in [4.78, 5) is 105. The predicted molar refractivity (Wildman–Crippen MR) is 268 cm³/mol. The Labute approximate surface area is 412 Å². The molecule has 10 bridgehead atoms. The molecule has 0 aromatic carbocycles. The molecule has 4 aliphatic rings. The summed E-state index contributed by atoms with van der Waals surface area (Å²) < 4.78 is 10.7. The number of nitrogens with one attached hydrogen (secondary N) is 3. The number of ether oxygens (including phenoxy) is 2. The average Bonchev–Trinajstić information content (AvgIpc) is 4.22. The summed E-state index contributed by atoms with van der Waals surface area (Å²) >= 11 is 0. The van der Waals surface area contributed by atoms with Gasteiger partial charge in [0.2, 0.25) is 0 Å². The van der Waals surface area contributed by atoms with E-state index in [0.29, 0.717) is 35.8 Å². The van der Waals surface area contributed by atoms with E-state index in [1.807, 2.05) is 0 Å². The molecule has 2 fully saturated rings. The van der Waals surface area contributed by atoms with Gasteiger partial charge in [-0.3, -0.25) is 28.9 Å². The van der Waals surface area contributed by atoms with E-state index in [2.05, 4.69) is 94.6 Å². The van der Waals surface area contributed by atoms with Crippen LogP contribution in [0.5, 0.6) is 0 Å². The van der Waals surface area contributed by atoms with Crippen molar-refractivity contribution < 1.29 is 47.9 Å². The van der Waals surface area contributed by atoms with Gasteiger partial charge < -0.3 is 24.4 Å². The summed E-state index contributed by atoms with van der Waals surface area (Å²) in [5, 5.41) is 0.957. The van der Waals surface area contributed by atoms with Crippen LogP contribution in [0.1, 0.15) is 162 Å². The van der Waals surface area contributed by atoms with Crippen molar-refractivity contribution in [3.05, 3.63) is 80.4 Å². The molecule has 8 heterocycles. The lowest BCUT2D eigenvalue weighted by atomic mass is 9.95. The fourth-order valence-electron chi connectivity index (χ4n) is 10.4. The summed E-state index contributed by atoms with van der Waals surface area (Å²) in [6, 6.07) is 8.60. The molecular weight excluding hydrogens is 907 g/mol. The molecule has 4 aromatic rings. The zero-order valence-corrected chi connectivity index (χ0v) is 42.0. The van der Waals surface area contributed by atoms with Crippen molar-refractivity contribution in [2.24, 2.45) is 0 Å². The minimum atomic E-state index is -1.11. The number of aromatic nitrogens is 5. The number of carbonyl (C=O) groups is 6. The molecule has 0 radical (unpaired) electrons. The largest absolute Gasteiger partial charge is 0.533 e. The van der Waals surface area contributed by atoms with Gasteiger partial charge in [0, 0.05) is 58.8 Å². The molecule has 17 heteroatoms. The van der Waals surface area contributed by atoms with Gasteiger partial charge in [0.15, 0.2) is 0 Å². The first-order chi connectivity index (χ1) is 34.2. The number of fused-ring (bicyclic) bond motifs is 11. The molecule has 0 saturated carbocycles. The van der Waals surface area contributed by atoms with Gasteiger partial charge in [-0.2, -0.15) is 0 Å². The van der Waals surface area contributed by atoms with Gasteiger partial charge in [-0.05, 0) is 158 Å². The first-order valence-corrected chi connectivity index (χ1v) is 25.1. The first-order valence-electron chi connectivity index (χ1n) is 25.1. The molecule has 0 unspecified atom stereocenters. The minimum absolute atomic E-state index is 0.00410. The lowest BCUT2D eigenvalue weighted by Gasteiger charge is -2.12. The van der Waals surface area contributed by atoms with Gasteiger partial charge in [-0.1, -0.05) is 51.7 Å². The zero-order valence-electron chi connectivity index (χ0n) is 42.0.